The predicted molar refractivity (Wildman–Crippen MR) is 67.4 cm³/mol. The van der Waals surface area contributed by atoms with E-state index in [9.17, 15) is 9.90 Å². The van der Waals surface area contributed by atoms with Crippen LogP contribution >= 0.6 is 0 Å². The molecule has 0 fully saturated rings. The molecule has 18 heavy (non-hydrogen) atoms. The van der Waals surface area contributed by atoms with Gasteiger partial charge in [0.15, 0.2) is 0 Å². The third-order valence-corrected chi connectivity index (χ3v) is 3.06. The second-order valence-corrected chi connectivity index (χ2v) is 4.62. The summed E-state index contributed by atoms with van der Waals surface area (Å²) in [4.78, 5) is 11.7. The van der Waals surface area contributed by atoms with E-state index in [1.54, 1.807) is 26.0 Å². The van der Waals surface area contributed by atoms with E-state index in [-0.39, 0.29) is 5.75 Å². The van der Waals surface area contributed by atoms with Gasteiger partial charge < -0.3 is 20.3 Å². The Kier molecular flexibility index (Phi) is 4.19. The van der Waals surface area contributed by atoms with E-state index < -0.39 is 17.4 Å². The quantitative estimate of drug-likeness (QED) is 0.796. The van der Waals surface area contributed by atoms with Crippen molar-refractivity contribution in [2.45, 2.75) is 19.9 Å². The molecule has 0 amide bonds. The lowest BCUT2D eigenvalue weighted by Crippen LogP contribution is -2.37. The molecule has 0 aliphatic rings. The average Bonchev–Trinajstić information content (AvgIpc) is 2.37. The van der Waals surface area contributed by atoms with E-state index in [4.69, 9.17) is 15.2 Å². The largest absolute Gasteiger partial charge is 0.508 e. The number of carbonyl (C=O) groups excluding carboxylic acids is 1. The number of phenols is 1. The summed E-state index contributed by atoms with van der Waals surface area (Å²) in [6.07, 6.45) is 0. The Morgan fingerprint density at radius 3 is 2.50 bits per heavy atom. The van der Waals surface area contributed by atoms with Gasteiger partial charge in [0.25, 0.3) is 0 Å². The fourth-order valence-electron chi connectivity index (χ4n) is 1.69. The Morgan fingerprint density at radius 1 is 1.39 bits per heavy atom. The number of carbonyl (C=O) groups is 1. The van der Waals surface area contributed by atoms with E-state index in [1.165, 1.54) is 20.3 Å². The first-order valence-corrected chi connectivity index (χ1v) is 5.55. The smallest absolute Gasteiger partial charge is 0.313 e. The molecule has 0 saturated heterocycles. The van der Waals surface area contributed by atoms with Crippen LogP contribution in [0, 0.1) is 5.41 Å². The van der Waals surface area contributed by atoms with E-state index in [0.717, 1.165) is 0 Å². The van der Waals surface area contributed by atoms with Crippen molar-refractivity contribution >= 4 is 5.97 Å². The highest BCUT2D eigenvalue weighted by Crippen LogP contribution is 2.38. The summed E-state index contributed by atoms with van der Waals surface area (Å²) in [6, 6.07) is 4.03. The summed E-state index contributed by atoms with van der Waals surface area (Å²) in [5.74, 6) is 0.163. The van der Waals surface area contributed by atoms with Gasteiger partial charge in [-0.05, 0) is 32.0 Å². The van der Waals surface area contributed by atoms with Crippen LogP contribution in [0.4, 0.5) is 0 Å². The number of ether oxygens (including phenoxy) is 2. The van der Waals surface area contributed by atoms with Crippen molar-refractivity contribution in [1.82, 2.24) is 0 Å². The molecule has 0 heterocycles. The maximum absolute atomic E-state index is 11.7. The number of methoxy groups -OCH3 is 2. The Balaban J connectivity index is 3.17. The average molecular weight is 253 g/mol. The van der Waals surface area contributed by atoms with Gasteiger partial charge in [0.2, 0.25) is 0 Å². The number of benzene rings is 1. The van der Waals surface area contributed by atoms with Crippen LogP contribution in [0.3, 0.4) is 0 Å². The zero-order valence-corrected chi connectivity index (χ0v) is 11.1. The van der Waals surface area contributed by atoms with Crippen molar-refractivity contribution < 1.29 is 19.4 Å². The Hall–Kier alpha value is -1.75. The molecule has 5 nitrogen and oxygen atoms in total. The maximum atomic E-state index is 11.7. The fourth-order valence-corrected chi connectivity index (χ4v) is 1.69. The number of esters is 1. The standard InChI is InChI=1S/C13H19NO4/c1-13(2,12(16)18-4)11(14)9-7-8(17-3)5-6-10(9)15/h5-7,11,15H,14H2,1-4H3/t11-/m0/s1. The van der Waals surface area contributed by atoms with Gasteiger partial charge in [-0.15, -0.1) is 0 Å². The molecular weight excluding hydrogens is 234 g/mol. The number of phenolic OH excluding ortho intramolecular Hbond substituents is 1. The molecule has 0 aliphatic heterocycles. The normalized spacial score (nSPS) is 12.9. The number of rotatable bonds is 4. The molecule has 100 valence electrons. The summed E-state index contributed by atoms with van der Waals surface area (Å²) in [5, 5.41) is 9.83. The minimum atomic E-state index is -0.946. The molecule has 0 spiro atoms. The molecule has 0 aliphatic carbocycles. The van der Waals surface area contributed by atoms with Crippen LogP contribution in [-0.2, 0) is 9.53 Å². The van der Waals surface area contributed by atoms with Crippen LogP contribution in [0.2, 0.25) is 0 Å². The number of nitrogens with two attached hydrogens (primary N) is 1. The first-order chi connectivity index (χ1) is 8.34. The van der Waals surface area contributed by atoms with Gasteiger partial charge in [-0.2, -0.15) is 0 Å². The molecule has 0 bridgehead atoms. The first kappa shape index (κ1) is 14.3. The van der Waals surface area contributed by atoms with Crippen LogP contribution in [0.25, 0.3) is 0 Å². The first-order valence-electron chi connectivity index (χ1n) is 5.55. The molecule has 0 unspecified atom stereocenters. The third kappa shape index (κ3) is 2.56. The molecule has 1 rings (SSSR count). The molecule has 0 aromatic heterocycles. The third-order valence-electron chi connectivity index (χ3n) is 3.06. The zero-order chi connectivity index (χ0) is 13.9. The highest BCUT2D eigenvalue weighted by molar-refractivity contribution is 5.77. The predicted octanol–water partition coefficient (Wildman–Crippen LogP) is 1.60. The second-order valence-electron chi connectivity index (χ2n) is 4.62. The summed E-state index contributed by atoms with van der Waals surface area (Å²) in [5.41, 5.74) is 5.56. The number of hydrogen-bond acceptors (Lipinski definition) is 5. The monoisotopic (exact) mass is 253 g/mol. The van der Waals surface area contributed by atoms with Gasteiger partial charge in [-0.1, -0.05) is 0 Å². The van der Waals surface area contributed by atoms with Gasteiger partial charge in [-0.3, -0.25) is 4.79 Å². The maximum Gasteiger partial charge on any atom is 0.313 e. The lowest BCUT2D eigenvalue weighted by Gasteiger charge is -2.29. The molecule has 1 aromatic carbocycles. The molecule has 0 radical (unpaired) electrons. The van der Waals surface area contributed by atoms with Crippen LogP contribution in [-0.4, -0.2) is 25.3 Å². The Bertz CT molecular complexity index is 443. The van der Waals surface area contributed by atoms with Gasteiger partial charge in [0, 0.05) is 11.6 Å². The van der Waals surface area contributed by atoms with Crippen molar-refractivity contribution in [3.05, 3.63) is 23.8 Å². The highest BCUT2D eigenvalue weighted by atomic mass is 16.5. The fraction of sp³-hybridized carbons (Fsp3) is 0.462. The van der Waals surface area contributed by atoms with Gasteiger partial charge >= 0.3 is 5.97 Å². The van der Waals surface area contributed by atoms with E-state index in [1.807, 2.05) is 0 Å². The topological polar surface area (TPSA) is 81.8 Å². The van der Waals surface area contributed by atoms with Crippen molar-refractivity contribution in [3.63, 3.8) is 0 Å². The molecular formula is C13H19NO4. The summed E-state index contributed by atoms with van der Waals surface area (Å²) >= 11 is 0. The van der Waals surface area contributed by atoms with Crippen LogP contribution < -0.4 is 10.5 Å². The van der Waals surface area contributed by atoms with Crippen LogP contribution in [0.5, 0.6) is 11.5 Å². The van der Waals surface area contributed by atoms with Gasteiger partial charge in [0.05, 0.1) is 19.6 Å². The SMILES string of the molecule is COC(=O)C(C)(C)[C@@H](N)c1cc(OC)ccc1O. The van der Waals surface area contributed by atoms with Crippen LogP contribution in [0.15, 0.2) is 18.2 Å². The minimum absolute atomic E-state index is 0.0280. The van der Waals surface area contributed by atoms with E-state index in [0.29, 0.717) is 11.3 Å². The van der Waals surface area contributed by atoms with Crippen molar-refractivity contribution in [3.8, 4) is 11.5 Å². The van der Waals surface area contributed by atoms with Crippen molar-refractivity contribution in [2.24, 2.45) is 11.1 Å². The number of aromatic hydroxyl groups is 1. The second kappa shape index (κ2) is 5.27. The summed E-state index contributed by atoms with van der Waals surface area (Å²) in [7, 11) is 2.83. The zero-order valence-electron chi connectivity index (χ0n) is 11.1. The molecule has 0 saturated carbocycles. The molecule has 1 aromatic rings. The van der Waals surface area contributed by atoms with Gasteiger partial charge in [0.1, 0.15) is 11.5 Å². The van der Waals surface area contributed by atoms with E-state index in [2.05, 4.69) is 0 Å². The summed E-state index contributed by atoms with van der Waals surface area (Å²) < 4.78 is 9.80. The lowest BCUT2D eigenvalue weighted by molar-refractivity contribution is -0.152. The Morgan fingerprint density at radius 2 is 2.00 bits per heavy atom. The lowest BCUT2D eigenvalue weighted by atomic mass is 9.80. The number of hydrogen-bond donors (Lipinski definition) is 2. The molecule has 5 heteroatoms. The highest BCUT2D eigenvalue weighted by Gasteiger charge is 2.37. The minimum Gasteiger partial charge on any atom is -0.508 e. The Labute approximate surface area is 107 Å². The molecule has 1 atom stereocenters. The van der Waals surface area contributed by atoms with Crippen LogP contribution in [0.1, 0.15) is 25.5 Å². The van der Waals surface area contributed by atoms with Crippen molar-refractivity contribution in [1.29, 1.82) is 0 Å². The van der Waals surface area contributed by atoms with Crippen molar-refractivity contribution in [2.75, 3.05) is 14.2 Å². The van der Waals surface area contributed by atoms with Gasteiger partial charge in [-0.25, -0.2) is 0 Å². The summed E-state index contributed by atoms with van der Waals surface area (Å²) in [6.45, 7) is 3.34. The van der Waals surface area contributed by atoms with E-state index >= 15 is 0 Å². The molecule has 3 N–H and O–H groups in total.